The van der Waals surface area contributed by atoms with Crippen molar-refractivity contribution in [2.45, 2.75) is 11.6 Å². The molecule has 106 valence electrons. The van der Waals surface area contributed by atoms with Gasteiger partial charge >= 0.3 is 0 Å². The van der Waals surface area contributed by atoms with Gasteiger partial charge in [0.25, 0.3) is 10.0 Å². The van der Waals surface area contributed by atoms with Gasteiger partial charge in [0.2, 0.25) is 5.09 Å². The Balaban J connectivity index is 2.17. The molecule has 0 bridgehead atoms. The van der Waals surface area contributed by atoms with Crippen LogP contribution in [0.5, 0.6) is 0 Å². The third-order valence-corrected chi connectivity index (χ3v) is 3.72. The smallest absolute Gasteiger partial charge is 0.274 e. The summed E-state index contributed by atoms with van der Waals surface area (Å²) in [6.07, 6.45) is 0.352. The van der Waals surface area contributed by atoms with E-state index in [1.807, 2.05) is 0 Å². The molecule has 0 atom stereocenters. The number of hydrogen-bond acceptors (Lipinski definition) is 4. The highest BCUT2D eigenvalue weighted by Gasteiger charge is 2.19. The Morgan fingerprint density at radius 2 is 1.95 bits per heavy atom. The molecule has 0 fully saturated rings. The molecular weight excluding hydrogens is 292 g/mol. The average Bonchev–Trinajstić information content (AvgIpc) is 2.89. The van der Waals surface area contributed by atoms with Gasteiger partial charge in [-0.25, -0.2) is 21.9 Å². The molecule has 0 amide bonds. The molecule has 2 rings (SSSR count). The van der Waals surface area contributed by atoms with Gasteiger partial charge in [0.15, 0.2) is 12.0 Å². The molecule has 0 saturated carbocycles. The second-order valence-corrected chi connectivity index (χ2v) is 5.53. The van der Waals surface area contributed by atoms with Crippen molar-refractivity contribution in [2.24, 2.45) is 0 Å². The molecule has 2 aromatic rings. The number of carbonyl (C=O) groups excluding carboxylic acids is 1. The zero-order chi connectivity index (χ0) is 14.8. The minimum atomic E-state index is -4.04. The maximum absolute atomic E-state index is 13.3. The molecule has 0 radical (unpaired) electrons. The number of aldehydes is 1. The summed E-state index contributed by atoms with van der Waals surface area (Å²) in [5.41, 5.74) is -0.143. The van der Waals surface area contributed by atoms with Crippen molar-refractivity contribution < 1.29 is 26.4 Å². The Bertz CT molecular complexity index is 740. The second-order valence-electron chi connectivity index (χ2n) is 3.83. The molecule has 0 aliphatic carbocycles. The normalized spacial score (nSPS) is 11.5. The first-order valence-electron chi connectivity index (χ1n) is 5.41. The maximum atomic E-state index is 13.3. The number of furan rings is 1. The van der Waals surface area contributed by atoms with Crippen molar-refractivity contribution in [1.29, 1.82) is 0 Å². The van der Waals surface area contributed by atoms with Crippen molar-refractivity contribution in [3.63, 3.8) is 0 Å². The zero-order valence-electron chi connectivity index (χ0n) is 9.97. The van der Waals surface area contributed by atoms with E-state index in [1.54, 1.807) is 0 Å². The van der Waals surface area contributed by atoms with Crippen LogP contribution in [0.4, 0.5) is 8.78 Å². The van der Waals surface area contributed by atoms with Crippen molar-refractivity contribution in [2.75, 3.05) is 0 Å². The number of carbonyl (C=O) groups is 1. The predicted molar refractivity (Wildman–Crippen MR) is 64.5 cm³/mol. The summed E-state index contributed by atoms with van der Waals surface area (Å²) >= 11 is 0. The second kappa shape index (κ2) is 5.51. The largest absolute Gasteiger partial charge is 0.440 e. The highest BCUT2D eigenvalue weighted by atomic mass is 32.2. The molecule has 0 saturated heterocycles. The molecule has 0 unspecified atom stereocenters. The van der Waals surface area contributed by atoms with Crippen LogP contribution in [0.15, 0.2) is 39.8 Å². The van der Waals surface area contributed by atoms with Gasteiger partial charge in [-0.05, 0) is 30.3 Å². The predicted octanol–water partition coefficient (Wildman–Crippen LogP) is 1.85. The third-order valence-electron chi connectivity index (χ3n) is 2.44. The lowest BCUT2D eigenvalue weighted by Gasteiger charge is -2.05. The van der Waals surface area contributed by atoms with Gasteiger partial charge in [-0.2, -0.15) is 0 Å². The summed E-state index contributed by atoms with van der Waals surface area (Å²) in [7, 11) is -4.04. The molecule has 8 heteroatoms. The summed E-state index contributed by atoms with van der Waals surface area (Å²) in [6.45, 7) is -0.441. The molecule has 20 heavy (non-hydrogen) atoms. The molecule has 1 N–H and O–H groups in total. The Morgan fingerprint density at radius 1 is 1.20 bits per heavy atom. The van der Waals surface area contributed by atoms with E-state index in [1.165, 1.54) is 6.07 Å². The van der Waals surface area contributed by atoms with Crippen LogP contribution in [0.25, 0.3) is 0 Å². The molecule has 0 aliphatic heterocycles. The first-order chi connectivity index (χ1) is 9.42. The monoisotopic (exact) mass is 301 g/mol. The van der Waals surface area contributed by atoms with Gasteiger partial charge in [-0.1, -0.05) is 0 Å². The van der Waals surface area contributed by atoms with Gasteiger partial charge in [0.1, 0.15) is 11.6 Å². The van der Waals surface area contributed by atoms with Crippen molar-refractivity contribution >= 4 is 16.3 Å². The van der Waals surface area contributed by atoms with Crippen LogP contribution in [0.3, 0.4) is 0 Å². The fourth-order valence-corrected chi connectivity index (χ4v) is 2.41. The van der Waals surface area contributed by atoms with Crippen molar-refractivity contribution in [1.82, 2.24) is 4.72 Å². The summed E-state index contributed by atoms with van der Waals surface area (Å²) in [5, 5.41) is -0.476. The van der Waals surface area contributed by atoms with E-state index in [-0.39, 0.29) is 11.3 Å². The van der Waals surface area contributed by atoms with Gasteiger partial charge in [-0.15, -0.1) is 0 Å². The van der Waals surface area contributed by atoms with Crippen LogP contribution in [0.2, 0.25) is 0 Å². The van der Waals surface area contributed by atoms with Crippen LogP contribution in [0, 0.1) is 11.6 Å². The topological polar surface area (TPSA) is 76.4 Å². The lowest BCUT2D eigenvalue weighted by atomic mass is 10.2. The Kier molecular flexibility index (Phi) is 3.96. The van der Waals surface area contributed by atoms with Crippen LogP contribution < -0.4 is 4.72 Å². The van der Waals surface area contributed by atoms with Crippen molar-refractivity contribution in [3.05, 3.63) is 53.3 Å². The fourth-order valence-electron chi connectivity index (χ4n) is 1.46. The first-order valence-corrected chi connectivity index (χ1v) is 6.89. The maximum Gasteiger partial charge on any atom is 0.274 e. The highest BCUT2D eigenvalue weighted by molar-refractivity contribution is 7.89. The minimum absolute atomic E-state index is 0.143. The van der Waals surface area contributed by atoms with Gasteiger partial charge in [0.05, 0.1) is 0 Å². The van der Waals surface area contributed by atoms with Gasteiger partial charge in [-0.3, -0.25) is 4.79 Å². The van der Waals surface area contributed by atoms with Crippen LogP contribution in [-0.2, 0) is 16.6 Å². The summed E-state index contributed by atoms with van der Waals surface area (Å²) in [5.74, 6) is -1.56. The molecule has 5 nitrogen and oxygen atoms in total. The lowest BCUT2D eigenvalue weighted by molar-refractivity contribution is 0.109. The first kappa shape index (κ1) is 14.4. The standard InChI is InChI=1S/C12H9F2NO4S/c13-9-1-3-11(14)8(5-9)6-15-20(17,18)12-4-2-10(7-16)19-12/h1-5,7,15H,6H2. The lowest BCUT2D eigenvalue weighted by Crippen LogP contribution is -2.23. The minimum Gasteiger partial charge on any atom is -0.440 e. The molecule has 1 aromatic carbocycles. The number of sulfonamides is 1. The summed E-state index contributed by atoms with van der Waals surface area (Å²) in [4.78, 5) is 10.4. The van der Waals surface area contributed by atoms with Crippen molar-refractivity contribution in [3.8, 4) is 0 Å². The van der Waals surface area contributed by atoms with E-state index < -0.39 is 33.3 Å². The number of rotatable bonds is 5. The molecule has 0 aliphatic rings. The molecule has 1 heterocycles. The SMILES string of the molecule is O=Cc1ccc(S(=O)(=O)NCc2cc(F)ccc2F)o1. The van der Waals surface area contributed by atoms with Crippen LogP contribution >= 0.6 is 0 Å². The Morgan fingerprint density at radius 3 is 2.60 bits per heavy atom. The van der Waals surface area contributed by atoms with E-state index in [2.05, 4.69) is 4.72 Å². The quantitative estimate of drug-likeness (QED) is 0.855. The third kappa shape index (κ3) is 3.09. The van der Waals surface area contributed by atoms with Gasteiger partial charge in [0, 0.05) is 12.1 Å². The van der Waals surface area contributed by atoms with E-state index in [4.69, 9.17) is 4.42 Å². The zero-order valence-corrected chi connectivity index (χ0v) is 10.8. The highest BCUT2D eigenvalue weighted by Crippen LogP contribution is 2.14. The molecule has 1 aromatic heterocycles. The van der Waals surface area contributed by atoms with E-state index >= 15 is 0 Å². The molecular formula is C12H9F2NO4S. The number of halogens is 2. The average molecular weight is 301 g/mol. The fraction of sp³-hybridized carbons (Fsp3) is 0.0833. The number of benzene rings is 1. The molecule has 0 spiro atoms. The Labute approximate surface area is 113 Å². The van der Waals surface area contributed by atoms with Crippen LogP contribution in [-0.4, -0.2) is 14.7 Å². The van der Waals surface area contributed by atoms with E-state index in [0.717, 1.165) is 24.3 Å². The Hall–Kier alpha value is -2.06. The summed E-state index contributed by atoms with van der Waals surface area (Å²) in [6, 6.07) is 4.99. The summed E-state index contributed by atoms with van der Waals surface area (Å²) < 4.78 is 56.7. The van der Waals surface area contributed by atoms with Crippen LogP contribution in [0.1, 0.15) is 16.1 Å². The van der Waals surface area contributed by atoms with Gasteiger partial charge < -0.3 is 4.42 Å². The number of hydrogen-bond donors (Lipinski definition) is 1. The number of nitrogens with one attached hydrogen (secondary N) is 1. The van der Waals surface area contributed by atoms with E-state index in [0.29, 0.717) is 6.29 Å². The van der Waals surface area contributed by atoms with E-state index in [9.17, 15) is 22.0 Å².